The lowest BCUT2D eigenvalue weighted by molar-refractivity contribution is -0.141. The SMILES string of the molecule is CN1CCC(N(C)C(=O)C2CCN(c3ccc(Oc4ccccc4)cc3)C2=O)CC1. The summed E-state index contributed by atoms with van der Waals surface area (Å²) in [4.78, 5) is 31.8. The third kappa shape index (κ3) is 4.33. The summed E-state index contributed by atoms with van der Waals surface area (Å²) >= 11 is 0. The number of carbonyl (C=O) groups excluding carboxylic acids is 2. The zero-order valence-electron chi connectivity index (χ0n) is 17.7. The number of amides is 2. The highest BCUT2D eigenvalue weighted by Gasteiger charge is 2.40. The smallest absolute Gasteiger partial charge is 0.239 e. The van der Waals surface area contributed by atoms with Gasteiger partial charge in [-0.25, -0.2) is 0 Å². The van der Waals surface area contributed by atoms with Crippen molar-refractivity contribution in [3.63, 3.8) is 0 Å². The van der Waals surface area contributed by atoms with E-state index in [1.165, 1.54) is 0 Å². The van der Waals surface area contributed by atoms with Gasteiger partial charge in [0.2, 0.25) is 11.8 Å². The second-order valence-electron chi connectivity index (χ2n) is 8.22. The number of hydrogen-bond donors (Lipinski definition) is 0. The van der Waals surface area contributed by atoms with Crippen LogP contribution < -0.4 is 9.64 Å². The molecular weight excluding hydrogens is 378 g/mol. The summed E-state index contributed by atoms with van der Waals surface area (Å²) in [7, 11) is 3.95. The molecule has 2 aliphatic rings. The number of hydrogen-bond acceptors (Lipinski definition) is 4. The Morgan fingerprint density at radius 3 is 2.23 bits per heavy atom. The zero-order chi connectivity index (χ0) is 21.1. The van der Waals surface area contributed by atoms with E-state index in [4.69, 9.17) is 4.74 Å². The third-order valence-corrected chi connectivity index (χ3v) is 6.21. The van der Waals surface area contributed by atoms with Gasteiger partial charge < -0.3 is 19.4 Å². The molecule has 0 spiro atoms. The summed E-state index contributed by atoms with van der Waals surface area (Å²) in [5.41, 5.74) is 0.803. The molecule has 0 N–H and O–H groups in total. The minimum Gasteiger partial charge on any atom is -0.457 e. The Hall–Kier alpha value is -2.86. The highest BCUT2D eigenvalue weighted by molar-refractivity contribution is 6.09. The van der Waals surface area contributed by atoms with Crippen LogP contribution in [0.25, 0.3) is 0 Å². The summed E-state index contributed by atoms with van der Waals surface area (Å²) in [6.07, 6.45) is 2.50. The standard InChI is InChI=1S/C24H29N3O3/c1-25-15-12-18(13-16-25)26(2)23(28)22-14-17-27(24(22)29)19-8-10-21(11-9-19)30-20-6-4-3-5-7-20/h3-11,18,22H,12-17H2,1-2H3. The Balaban J connectivity index is 1.38. The minimum absolute atomic E-state index is 0.0407. The number of para-hydroxylation sites is 1. The largest absolute Gasteiger partial charge is 0.457 e. The predicted molar refractivity (Wildman–Crippen MR) is 117 cm³/mol. The monoisotopic (exact) mass is 407 g/mol. The van der Waals surface area contributed by atoms with E-state index in [9.17, 15) is 9.59 Å². The Morgan fingerprint density at radius 2 is 1.57 bits per heavy atom. The normalized spacial score (nSPS) is 20.4. The number of anilines is 1. The first-order valence-electron chi connectivity index (χ1n) is 10.6. The summed E-state index contributed by atoms with van der Waals surface area (Å²) < 4.78 is 5.82. The maximum Gasteiger partial charge on any atom is 0.239 e. The average molecular weight is 408 g/mol. The third-order valence-electron chi connectivity index (χ3n) is 6.21. The molecule has 6 heteroatoms. The van der Waals surface area contributed by atoms with E-state index in [0.717, 1.165) is 37.4 Å². The molecule has 6 nitrogen and oxygen atoms in total. The molecule has 0 radical (unpaired) electrons. The van der Waals surface area contributed by atoms with Gasteiger partial charge in [0.15, 0.2) is 0 Å². The Morgan fingerprint density at radius 1 is 0.933 bits per heavy atom. The van der Waals surface area contributed by atoms with Gasteiger partial charge >= 0.3 is 0 Å². The molecule has 2 heterocycles. The molecule has 1 unspecified atom stereocenters. The summed E-state index contributed by atoms with van der Waals surface area (Å²) in [6.45, 7) is 2.55. The molecule has 2 aliphatic heterocycles. The van der Waals surface area contributed by atoms with Crippen molar-refractivity contribution in [1.29, 1.82) is 0 Å². The first-order valence-corrected chi connectivity index (χ1v) is 10.6. The van der Waals surface area contributed by atoms with E-state index in [0.29, 0.717) is 18.7 Å². The number of carbonyl (C=O) groups is 2. The van der Waals surface area contributed by atoms with Crippen molar-refractivity contribution in [3.8, 4) is 11.5 Å². The molecule has 4 rings (SSSR count). The molecule has 0 bridgehead atoms. The lowest BCUT2D eigenvalue weighted by Gasteiger charge is -2.36. The quantitative estimate of drug-likeness (QED) is 0.713. The van der Waals surface area contributed by atoms with E-state index in [2.05, 4.69) is 11.9 Å². The molecule has 2 saturated heterocycles. The fourth-order valence-corrected chi connectivity index (χ4v) is 4.29. The number of ether oxygens (including phenoxy) is 1. The summed E-state index contributed by atoms with van der Waals surface area (Å²) in [5, 5.41) is 0. The van der Waals surface area contributed by atoms with Gasteiger partial charge in [-0.05, 0) is 75.8 Å². The molecule has 158 valence electrons. The molecule has 1 atom stereocenters. The minimum atomic E-state index is -0.574. The summed E-state index contributed by atoms with van der Waals surface area (Å²) in [5.74, 6) is 0.767. The molecule has 2 amide bonds. The lowest BCUT2D eigenvalue weighted by Crippen LogP contribution is -2.47. The lowest BCUT2D eigenvalue weighted by atomic mass is 10.0. The molecule has 0 saturated carbocycles. The second-order valence-corrected chi connectivity index (χ2v) is 8.22. The molecule has 2 aromatic carbocycles. The van der Waals surface area contributed by atoms with Crippen molar-refractivity contribution in [2.45, 2.75) is 25.3 Å². The van der Waals surface area contributed by atoms with Crippen LogP contribution in [-0.2, 0) is 9.59 Å². The van der Waals surface area contributed by atoms with E-state index < -0.39 is 5.92 Å². The van der Waals surface area contributed by atoms with Gasteiger partial charge in [0.1, 0.15) is 17.4 Å². The summed E-state index contributed by atoms with van der Waals surface area (Å²) in [6, 6.07) is 17.3. The van der Waals surface area contributed by atoms with E-state index in [1.54, 1.807) is 4.90 Å². The van der Waals surface area contributed by atoms with Crippen molar-refractivity contribution in [3.05, 3.63) is 54.6 Å². The van der Waals surface area contributed by atoms with Crippen LogP contribution in [0.3, 0.4) is 0 Å². The fraction of sp³-hybridized carbons (Fsp3) is 0.417. The van der Waals surface area contributed by atoms with Gasteiger partial charge in [0, 0.05) is 25.3 Å². The molecule has 0 aliphatic carbocycles. The van der Waals surface area contributed by atoms with Crippen LogP contribution in [-0.4, -0.2) is 61.4 Å². The Kier molecular flexibility index (Phi) is 6.04. The number of rotatable bonds is 5. The first kappa shape index (κ1) is 20.4. The van der Waals surface area contributed by atoms with Crippen LogP contribution in [0.1, 0.15) is 19.3 Å². The molecule has 30 heavy (non-hydrogen) atoms. The van der Waals surface area contributed by atoms with E-state index in [-0.39, 0.29) is 17.9 Å². The highest BCUT2D eigenvalue weighted by atomic mass is 16.5. The Labute approximate surface area is 178 Å². The van der Waals surface area contributed by atoms with Crippen LogP contribution in [0.4, 0.5) is 5.69 Å². The number of likely N-dealkylation sites (tertiary alicyclic amines) is 1. The number of piperidine rings is 1. The van der Waals surface area contributed by atoms with Crippen LogP contribution in [0.2, 0.25) is 0 Å². The maximum atomic E-state index is 13.0. The van der Waals surface area contributed by atoms with Crippen molar-refractivity contribution in [1.82, 2.24) is 9.80 Å². The van der Waals surface area contributed by atoms with Crippen LogP contribution in [0.5, 0.6) is 11.5 Å². The first-order chi connectivity index (χ1) is 14.5. The van der Waals surface area contributed by atoms with E-state index >= 15 is 0 Å². The second kappa shape index (κ2) is 8.88. The zero-order valence-corrected chi connectivity index (χ0v) is 17.7. The Bertz CT molecular complexity index is 876. The van der Waals surface area contributed by atoms with Gasteiger partial charge in [-0.2, -0.15) is 0 Å². The molecule has 2 aromatic rings. The van der Waals surface area contributed by atoms with Gasteiger partial charge in [-0.1, -0.05) is 18.2 Å². The van der Waals surface area contributed by atoms with Crippen LogP contribution in [0, 0.1) is 5.92 Å². The topological polar surface area (TPSA) is 53.1 Å². The number of nitrogens with zero attached hydrogens (tertiary/aromatic N) is 3. The maximum absolute atomic E-state index is 13.0. The molecular formula is C24H29N3O3. The van der Waals surface area contributed by atoms with Gasteiger partial charge in [0.05, 0.1) is 0 Å². The van der Waals surface area contributed by atoms with Crippen LogP contribution in [0.15, 0.2) is 54.6 Å². The molecule has 2 fully saturated rings. The van der Waals surface area contributed by atoms with Crippen molar-refractivity contribution in [2.24, 2.45) is 5.92 Å². The predicted octanol–water partition coefficient (Wildman–Crippen LogP) is 3.38. The fourth-order valence-electron chi connectivity index (χ4n) is 4.29. The average Bonchev–Trinajstić information content (AvgIpc) is 3.16. The van der Waals surface area contributed by atoms with Crippen LogP contribution >= 0.6 is 0 Å². The number of benzene rings is 2. The van der Waals surface area contributed by atoms with Crippen molar-refractivity contribution in [2.75, 3.05) is 38.6 Å². The highest BCUT2D eigenvalue weighted by Crippen LogP contribution is 2.30. The van der Waals surface area contributed by atoms with Crippen molar-refractivity contribution >= 4 is 17.5 Å². The van der Waals surface area contributed by atoms with Gasteiger partial charge in [-0.15, -0.1) is 0 Å². The molecule has 0 aromatic heterocycles. The van der Waals surface area contributed by atoms with Gasteiger partial charge in [-0.3, -0.25) is 9.59 Å². The van der Waals surface area contributed by atoms with Crippen molar-refractivity contribution < 1.29 is 14.3 Å². The van der Waals surface area contributed by atoms with E-state index in [1.807, 2.05) is 66.5 Å². The van der Waals surface area contributed by atoms with Gasteiger partial charge in [0.25, 0.3) is 0 Å².